The fraction of sp³-hybridized carbons (Fsp3) is 0.235. The Morgan fingerprint density at radius 1 is 1.32 bits per heavy atom. The van der Waals surface area contributed by atoms with Crippen LogP contribution in [0.15, 0.2) is 40.2 Å². The van der Waals surface area contributed by atoms with Crippen molar-refractivity contribution in [1.29, 1.82) is 0 Å². The van der Waals surface area contributed by atoms with E-state index in [1.165, 1.54) is 11.1 Å². The molecule has 114 valence electrons. The van der Waals surface area contributed by atoms with Crippen LogP contribution in [0.2, 0.25) is 0 Å². The van der Waals surface area contributed by atoms with E-state index >= 15 is 0 Å². The van der Waals surface area contributed by atoms with Gasteiger partial charge >= 0.3 is 0 Å². The number of hydrogen-bond donors (Lipinski definition) is 1. The van der Waals surface area contributed by atoms with Gasteiger partial charge in [-0.15, -0.1) is 11.3 Å². The topological polar surface area (TPSA) is 34.0 Å². The number of halogens is 1. The quantitative estimate of drug-likeness (QED) is 0.710. The Balaban J connectivity index is 2.10. The molecule has 3 aromatic rings. The van der Waals surface area contributed by atoms with E-state index in [9.17, 15) is 4.79 Å². The molecule has 2 aromatic heterocycles. The van der Waals surface area contributed by atoms with Crippen LogP contribution < -0.4 is 5.32 Å². The van der Waals surface area contributed by atoms with E-state index in [0.717, 1.165) is 19.7 Å². The number of carbonyl (C=O) groups is 1. The van der Waals surface area contributed by atoms with Crippen LogP contribution in [-0.2, 0) is 6.54 Å². The summed E-state index contributed by atoms with van der Waals surface area (Å²) in [4.78, 5) is 12.4. The molecular weight excluding hydrogens is 360 g/mol. The fourth-order valence-corrected chi connectivity index (χ4v) is 4.14. The number of nitrogens with one attached hydrogen (secondary N) is 1. The molecule has 1 aromatic carbocycles. The zero-order valence-electron chi connectivity index (χ0n) is 12.5. The summed E-state index contributed by atoms with van der Waals surface area (Å²) in [7, 11) is 0. The molecule has 0 spiro atoms. The largest absolute Gasteiger partial charge is 0.351 e. The zero-order chi connectivity index (χ0) is 15.7. The van der Waals surface area contributed by atoms with E-state index < -0.39 is 0 Å². The van der Waals surface area contributed by atoms with Gasteiger partial charge < -0.3 is 9.88 Å². The normalized spacial score (nSPS) is 11.0. The maximum Gasteiger partial charge on any atom is 0.267 e. The maximum absolute atomic E-state index is 12.4. The van der Waals surface area contributed by atoms with Gasteiger partial charge in [-0.1, -0.05) is 24.3 Å². The first-order chi connectivity index (χ1) is 10.6. The number of carbonyl (C=O) groups excluding carboxylic acids is 1. The first-order valence-corrected chi connectivity index (χ1v) is 8.82. The lowest BCUT2D eigenvalue weighted by Gasteiger charge is -2.12. The summed E-state index contributed by atoms with van der Waals surface area (Å²) in [5.41, 5.74) is 4.29. The molecular formula is C17H17BrN2OS. The van der Waals surface area contributed by atoms with Crippen LogP contribution in [0.25, 0.3) is 10.2 Å². The van der Waals surface area contributed by atoms with Crippen LogP contribution >= 0.6 is 27.3 Å². The van der Waals surface area contributed by atoms with Crippen LogP contribution in [0.1, 0.15) is 28.5 Å². The predicted molar refractivity (Wildman–Crippen MR) is 95.8 cm³/mol. The number of hydrogen-bond acceptors (Lipinski definition) is 2. The van der Waals surface area contributed by atoms with Gasteiger partial charge in [-0.3, -0.25) is 4.79 Å². The molecule has 3 rings (SSSR count). The third-order valence-electron chi connectivity index (χ3n) is 3.72. The van der Waals surface area contributed by atoms with Gasteiger partial charge in [0.05, 0.1) is 14.0 Å². The standard InChI is InChI=1S/C17H17BrN2OS/c1-3-19-17(21)14-8-15-13(9-16(18)22-15)20(14)10-12-7-5-4-6-11(12)2/h4-9H,3,10H2,1-2H3,(H,19,21). The Labute approximate surface area is 142 Å². The molecule has 1 N–H and O–H groups in total. The molecule has 22 heavy (non-hydrogen) atoms. The van der Waals surface area contributed by atoms with Crippen LogP contribution in [0.4, 0.5) is 0 Å². The molecule has 1 amide bonds. The first-order valence-electron chi connectivity index (χ1n) is 7.21. The summed E-state index contributed by atoms with van der Waals surface area (Å²) < 4.78 is 4.31. The second-order valence-electron chi connectivity index (χ2n) is 5.20. The number of fused-ring (bicyclic) bond motifs is 1. The van der Waals surface area contributed by atoms with E-state index in [1.807, 2.05) is 25.1 Å². The molecule has 0 aliphatic heterocycles. The molecule has 3 nitrogen and oxygen atoms in total. The van der Waals surface area contributed by atoms with Crippen molar-refractivity contribution in [1.82, 2.24) is 9.88 Å². The number of benzene rings is 1. The SMILES string of the molecule is CCNC(=O)c1cc2sc(Br)cc2n1Cc1ccccc1C. The molecule has 0 bridgehead atoms. The van der Waals surface area contributed by atoms with Crippen LogP contribution in [0.5, 0.6) is 0 Å². The lowest BCUT2D eigenvalue weighted by Crippen LogP contribution is -2.25. The van der Waals surface area contributed by atoms with Crippen molar-refractivity contribution in [2.45, 2.75) is 20.4 Å². The van der Waals surface area contributed by atoms with Crippen molar-refractivity contribution in [3.05, 3.63) is 57.0 Å². The molecule has 0 aliphatic rings. The van der Waals surface area contributed by atoms with Gasteiger partial charge in [-0.05, 0) is 53.0 Å². The summed E-state index contributed by atoms with van der Waals surface area (Å²) in [6.07, 6.45) is 0. The number of nitrogens with zero attached hydrogens (tertiary/aromatic N) is 1. The van der Waals surface area contributed by atoms with Crippen LogP contribution in [0.3, 0.4) is 0 Å². The van der Waals surface area contributed by atoms with Gasteiger partial charge in [-0.25, -0.2) is 0 Å². The summed E-state index contributed by atoms with van der Waals surface area (Å²) in [6.45, 7) is 5.37. The molecule has 0 saturated carbocycles. The fourth-order valence-electron chi connectivity index (χ4n) is 2.58. The summed E-state index contributed by atoms with van der Waals surface area (Å²) >= 11 is 5.19. The Hall–Kier alpha value is -1.59. The number of aromatic nitrogens is 1. The van der Waals surface area contributed by atoms with Gasteiger partial charge in [0.1, 0.15) is 5.69 Å². The molecule has 0 unspecified atom stereocenters. The van der Waals surface area contributed by atoms with Gasteiger partial charge in [0.2, 0.25) is 0 Å². The van der Waals surface area contributed by atoms with Crippen molar-refractivity contribution in [2.75, 3.05) is 6.54 Å². The van der Waals surface area contributed by atoms with E-state index in [4.69, 9.17) is 0 Å². The van der Waals surface area contributed by atoms with Gasteiger partial charge in [0, 0.05) is 13.1 Å². The number of amides is 1. The molecule has 0 radical (unpaired) electrons. The molecule has 5 heteroatoms. The average molecular weight is 377 g/mol. The van der Waals surface area contributed by atoms with Gasteiger partial charge in [0.25, 0.3) is 5.91 Å². The monoisotopic (exact) mass is 376 g/mol. The molecule has 2 heterocycles. The smallest absolute Gasteiger partial charge is 0.267 e. The second-order valence-corrected chi connectivity index (χ2v) is 7.66. The highest BCUT2D eigenvalue weighted by atomic mass is 79.9. The highest BCUT2D eigenvalue weighted by molar-refractivity contribution is 9.11. The van der Waals surface area contributed by atoms with Crippen molar-refractivity contribution in [3.63, 3.8) is 0 Å². The van der Waals surface area contributed by atoms with Gasteiger partial charge in [-0.2, -0.15) is 0 Å². The minimum atomic E-state index is -0.0180. The Morgan fingerprint density at radius 2 is 2.09 bits per heavy atom. The Kier molecular flexibility index (Phi) is 4.36. The maximum atomic E-state index is 12.4. The Bertz CT molecular complexity index is 834. The number of thiophene rings is 1. The zero-order valence-corrected chi connectivity index (χ0v) is 14.9. The lowest BCUT2D eigenvalue weighted by molar-refractivity contribution is 0.0947. The van der Waals surface area contributed by atoms with Gasteiger partial charge in [0.15, 0.2) is 0 Å². The lowest BCUT2D eigenvalue weighted by atomic mass is 10.1. The van der Waals surface area contributed by atoms with Crippen molar-refractivity contribution >= 4 is 43.4 Å². The van der Waals surface area contributed by atoms with E-state index in [2.05, 4.69) is 50.9 Å². The number of rotatable bonds is 4. The summed E-state index contributed by atoms with van der Waals surface area (Å²) in [5.74, 6) is -0.0180. The van der Waals surface area contributed by atoms with Crippen molar-refractivity contribution < 1.29 is 4.79 Å². The third-order valence-corrected chi connectivity index (χ3v) is 5.29. The molecule has 0 aliphatic carbocycles. The highest BCUT2D eigenvalue weighted by Gasteiger charge is 2.17. The third kappa shape index (κ3) is 2.83. The second kappa shape index (κ2) is 6.26. The predicted octanol–water partition coefficient (Wildman–Crippen LogP) is 4.57. The Morgan fingerprint density at radius 3 is 2.82 bits per heavy atom. The average Bonchev–Trinajstić information content (AvgIpc) is 2.99. The summed E-state index contributed by atoms with van der Waals surface area (Å²) in [6, 6.07) is 12.4. The molecule has 0 saturated heterocycles. The minimum absolute atomic E-state index is 0.0180. The highest BCUT2D eigenvalue weighted by Crippen LogP contribution is 2.33. The van der Waals surface area contributed by atoms with Crippen molar-refractivity contribution in [2.24, 2.45) is 0 Å². The van der Waals surface area contributed by atoms with Crippen molar-refractivity contribution in [3.8, 4) is 0 Å². The molecule has 0 fully saturated rings. The van der Waals surface area contributed by atoms with E-state index in [0.29, 0.717) is 13.1 Å². The van der Waals surface area contributed by atoms with Crippen LogP contribution in [0, 0.1) is 6.92 Å². The van der Waals surface area contributed by atoms with E-state index in [-0.39, 0.29) is 5.91 Å². The number of aryl methyl sites for hydroxylation is 1. The van der Waals surface area contributed by atoms with E-state index in [1.54, 1.807) is 11.3 Å². The minimum Gasteiger partial charge on any atom is -0.351 e. The summed E-state index contributed by atoms with van der Waals surface area (Å²) in [5, 5.41) is 2.90. The first kappa shape index (κ1) is 15.3. The molecule has 0 atom stereocenters. The van der Waals surface area contributed by atoms with Crippen LogP contribution in [-0.4, -0.2) is 17.0 Å².